The largest absolute Gasteiger partial charge is 0.381 e. The summed E-state index contributed by atoms with van der Waals surface area (Å²) in [7, 11) is 0. The maximum absolute atomic E-state index is 5.39. The van der Waals surface area contributed by atoms with E-state index in [0.29, 0.717) is 6.04 Å². The Bertz CT molecular complexity index is 389. The van der Waals surface area contributed by atoms with Crippen molar-refractivity contribution < 1.29 is 4.74 Å². The van der Waals surface area contributed by atoms with Crippen LogP contribution in [0.2, 0.25) is 0 Å². The highest BCUT2D eigenvalue weighted by molar-refractivity contribution is 5.20. The first kappa shape index (κ1) is 14.1. The third kappa shape index (κ3) is 3.81. The third-order valence-electron chi connectivity index (χ3n) is 4.63. The summed E-state index contributed by atoms with van der Waals surface area (Å²) < 4.78 is 5.39. The van der Waals surface area contributed by atoms with Gasteiger partial charge in [-0.25, -0.2) is 0 Å². The molecule has 0 radical (unpaired) electrons. The molecule has 2 heterocycles. The van der Waals surface area contributed by atoms with Crippen LogP contribution < -0.4 is 5.32 Å². The highest BCUT2D eigenvalue weighted by atomic mass is 16.5. The zero-order chi connectivity index (χ0) is 13.6. The van der Waals surface area contributed by atoms with E-state index in [9.17, 15) is 0 Å². The van der Waals surface area contributed by atoms with E-state index in [4.69, 9.17) is 4.74 Å². The summed E-state index contributed by atoms with van der Waals surface area (Å²) in [6.07, 6.45) is 3.65. The number of rotatable bonds is 5. The molecule has 1 unspecified atom stereocenters. The average molecular weight is 274 g/mol. The molecule has 3 heteroatoms. The zero-order valence-electron chi connectivity index (χ0n) is 12.3. The molecule has 3 rings (SSSR count). The zero-order valence-corrected chi connectivity index (χ0v) is 12.3. The van der Waals surface area contributed by atoms with Crippen LogP contribution >= 0.6 is 0 Å². The van der Waals surface area contributed by atoms with Gasteiger partial charge in [0.15, 0.2) is 0 Å². The van der Waals surface area contributed by atoms with E-state index in [2.05, 4.69) is 40.5 Å². The molecule has 2 aliphatic rings. The molecule has 2 saturated heterocycles. The summed E-state index contributed by atoms with van der Waals surface area (Å²) in [5.74, 6) is 0.735. The summed E-state index contributed by atoms with van der Waals surface area (Å²) >= 11 is 0. The maximum Gasteiger partial charge on any atom is 0.0480 e. The standard InChI is InChI=1S/C17H26N2O/c1-2-4-15(5-3-1)16-6-10-19(14-16)11-9-18-17-7-12-20-13-8-17/h1-5,16-18H,6-14H2. The molecular formula is C17H26N2O. The summed E-state index contributed by atoms with van der Waals surface area (Å²) in [6.45, 7) is 6.62. The molecule has 0 bridgehead atoms. The first-order chi connectivity index (χ1) is 9.92. The Morgan fingerprint density at radius 1 is 1.10 bits per heavy atom. The Hall–Kier alpha value is -0.900. The lowest BCUT2D eigenvalue weighted by atomic mass is 9.99. The highest BCUT2D eigenvalue weighted by Crippen LogP contribution is 2.26. The molecule has 2 aliphatic heterocycles. The molecule has 1 aromatic carbocycles. The number of nitrogens with zero attached hydrogens (tertiary/aromatic N) is 1. The Morgan fingerprint density at radius 2 is 1.90 bits per heavy atom. The second-order valence-corrected chi connectivity index (χ2v) is 6.04. The van der Waals surface area contributed by atoms with Crippen molar-refractivity contribution >= 4 is 0 Å². The summed E-state index contributed by atoms with van der Waals surface area (Å²) in [4.78, 5) is 2.60. The molecule has 0 aromatic heterocycles. The van der Waals surface area contributed by atoms with Crippen LogP contribution in [0.5, 0.6) is 0 Å². The lowest BCUT2D eigenvalue weighted by Crippen LogP contribution is -2.39. The van der Waals surface area contributed by atoms with Gasteiger partial charge in [0.2, 0.25) is 0 Å². The number of benzene rings is 1. The van der Waals surface area contributed by atoms with Crippen LogP contribution in [0.15, 0.2) is 30.3 Å². The summed E-state index contributed by atoms with van der Waals surface area (Å²) in [5, 5.41) is 3.68. The third-order valence-corrected chi connectivity index (χ3v) is 4.63. The fourth-order valence-corrected chi connectivity index (χ4v) is 3.36. The van der Waals surface area contributed by atoms with Crippen molar-refractivity contribution in [2.45, 2.75) is 31.2 Å². The van der Waals surface area contributed by atoms with Gasteiger partial charge in [-0.05, 0) is 37.3 Å². The van der Waals surface area contributed by atoms with Gasteiger partial charge in [-0.15, -0.1) is 0 Å². The predicted molar refractivity (Wildman–Crippen MR) is 82.1 cm³/mol. The molecule has 110 valence electrons. The van der Waals surface area contributed by atoms with Crippen LogP contribution in [0.1, 0.15) is 30.7 Å². The van der Waals surface area contributed by atoms with Crippen molar-refractivity contribution in [3.63, 3.8) is 0 Å². The number of hydrogen-bond donors (Lipinski definition) is 1. The van der Waals surface area contributed by atoms with E-state index in [1.807, 2.05) is 0 Å². The normalized spacial score (nSPS) is 25.1. The molecule has 1 atom stereocenters. The number of likely N-dealkylation sites (tertiary alicyclic amines) is 1. The van der Waals surface area contributed by atoms with E-state index in [1.165, 1.54) is 44.5 Å². The molecule has 0 amide bonds. The van der Waals surface area contributed by atoms with E-state index in [-0.39, 0.29) is 0 Å². The fourth-order valence-electron chi connectivity index (χ4n) is 3.36. The highest BCUT2D eigenvalue weighted by Gasteiger charge is 2.23. The molecule has 1 aromatic rings. The first-order valence-electron chi connectivity index (χ1n) is 8.00. The molecule has 2 fully saturated rings. The second-order valence-electron chi connectivity index (χ2n) is 6.04. The van der Waals surface area contributed by atoms with Crippen LogP contribution in [-0.2, 0) is 4.74 Å². The van der Waals surface area contributed by atoms with E-state index in [1.54, 1.807) is 0 Å². The minimum Gasteiger partial charge on any atom is -0.381 e. The maximum atomic E-state index is 5.39. The number of ether oxygens (including phenoxy) is 1. The topological polar surface area (TPSA) is 24.5 Å². The van der Waals surface area contributed by atoms with Crippen molar-refractivity contribution in [3.8, 4) is 0 Å². The van der Waals surface area contributed by atoms with Gasteiger partial charge in [-0.2, -0.15) is 0 Å². The predicted octanol–water partition coefficient (Wildman–Crippen LogP) is 2.24. The van der Waals surface area contributed by atoms with E-state index >= 15 is 0 Å². The van der Waals surface area contributed by atoms with Crippen molar-refractivity contribution in [3.05, 3.63) is 35.9 Å². The Morgan fingerprint density at radius 3 is 2.70 bits per heavy atom. The second kappa shape index (κ2) is 7.21. The van der Waals surface area contributed by atoms with Gasteiger partial charge in [0.05, 0.1) is 0 Å². The van der Waals surface area contributed by atoms with Crippen LogP contribution in [-0.4, -0.2) is 50.3 Å². The summed E-state index contributed by atoms with van der Waals surface area (Å²) in [5.41, 5.74) is 1.51. The van der Waals surface area contributed by atoms with Gasteiger partial charge in [-0.1, -0.05) is 30.3 Å². The van der Waals surface area contributed by atoms with E-state index in [0.717, 1.165) is 25.7 Å². The van der Waals surface area contributed by atoms with Crippen molar-refractivity contribution in [1.82, 2.24) is 10.2 Å². The molecule has 0 saturated carbocycles. The van der Waals surface area contributed by atoms with Gasteiger partial charge in [0.25, 0.3) is 0 Å². The minimum atomic E-state index is 0.677. The lowest BCUT2D eigenvalue weighted by Gasteiger charge is -2.24. The van der Waals surface area contributed by atoms with Crippen molar-refractivity contribution in [1.29, 1.82) is 0 Å². The van der Waals surface area contributed by atoms with Gasteiger partial charge in [-0.3, -0.25) is 0 Å². The number of nitrogens with one attached hydrogen (secondary N) is 1. The van der Waals surface area contributed by atoms with Crippen molar-refractivity contribution in [2.24, 2.45) is 0 Å². The molecular weight excluding hydrogens is 248 g/mol. The Balaban J connectivity index is 1.37. The van der Waals surface area contributed by atoms with Gasteiger partial charge >= 0.3 is 0 Å². The van der Waals surface area contributed by atoms with Crippen LogP contribution in [0.25, 0.3) is 0 Å². The fraction of sp³-hybridized carbons (Fsp3) is 0.647. The van der Waals surface area contributed by atoms with Crippen LogP contribution in [0, 0.1) is 0 Å². The minimum absolute atomic E-state index is 0.677. The monoisotopic (exact) mass is 274 g/mol. The molecule has 0 aliphatic carbocycles. The quantitative estimate of drug-likeness (QED) is 0.891. The van der Waals surface area contributed by atoms with Gasteiger partial charge in [0, 0.05) is 38.9 Å². The van der Waals surface area contributed by atoms with Crippen LogP contribution in [0.4, 0.5) is 0 Å². The smallest absolute Gasteiger partial charge is 0.0480 e. The molecule has 20 heavy (non-hydrogen) atoms. The van der Waals surface area contributed by atoms with Gasteiger partial charge in [0.1, 0.15) is 0 Å². The van der Waals surface area contributed by atoms with E-state index < -0.39 is 0 Å². The Labute approximate surface area is 122 Å². The number of hydrogen-bond acceptors (Lipinski definition) is 3. The average Bonchev–Trinajstić information content (AvgIpc) is 2.98. The first-order valence-corrected chi connectivity index (χ1v) is 8.00. The molecule has 1 N–H and O–H groups in total. The SMILES string of the molecule is c1ccc(C2CCN(CCNC3CCOCC3)C2)cc1. The lowest BCUT2D eigenvalue weighted by molar-refractivity contribution is 0.0774. The molecule has 3 nitrogen and oxygen atoms in total. The Kier molecular flexibility index (Phi) is 5.06. The van der Waals surface area contributed by atoms with Gasteiger partial charge < -0.3 is 15.0 Å². The van der Waals surface area contributed by atoms with Crippen LogP contribution in [0.3, 0.4) is 0 Å². The summed E-state index contributed by atoms with van der Waals surface area (Å²) in [6, 6.07) is 11.6. The van der Waals surface area contributed by atoms with Crippen molar-refractivity contribution in [2.75, 3.05) is 39.4 Å². The molecule has 0 spiro atoms.